The van der Waals surface area contributed by atoms with Crippen LogP contribution in [0.25, 0.3) is 0 Å². The quantitative estimate of drug-likeness (QED) is 0.106. The molecule has 2 rings (SSSR count). The van der Waals surface area contributed by atoms with Crippen molar-refractivity contribution in [1.29, 1.82) is 0 Å². The van der Waals surface area contributed by atoms with Crippen molar-refractivity contribution in [1.82, 2.24) is 0 Å². The zero-order valence-corrected chi connectivity index (χ0v) is 20.9. The van der Waals surface area contributed by atoms with Gasteiger partial charge >= 0.3 is 5.69 Å². The van der Waals surface area contributed by atoms with E-state index in [-0.39, 0.29) is 29.6 Å². The second kappa shape index (κ2) is 13.7. The SMILES string of the molecule is C=CCN(CC=C)c1cc(NC(C)=O)c(N=Nc2c(Cl)cc([N+](=O)[O-])cc2[N+](=O)[O-])cc1OCCOC. The number of nitro benzene ring substituents is 2. The molecule has 2 aromatic carbocycles. The number of carbonyl (C=O) groups is 1. The summed E-state index contributed by atoms with van der Waals surface area (Å²) in [6, 6.07) is 4.77. The van der Waals surface area contributed by atoms with E-state index in [0.717, 1.165) is 12.1 Å². The molecule has 0 fully saturated rings. The molecule has 14 heteroatoms. The van der Waals surface area contributed by atoms with Gasteiger partial charge in [-0.2, -0.15) is 0 Å². The Morgan fingerprint density at radius 1 is 1.11 bits per heavy atom. The number of hydrogen-bond acceptors (Lipinski definition) is 10. The third-order valence-corrected chi connectivity index (χ3v) is 4.95. The minimum absolute atomic E-state index is 0.0900. The number of hydrogen-bond donors (Lipinski definition) is 1. The zero-order valence-electron chi connectivity index (χ0n) is 20.2. The zero-order chi connectivity index (χ0) is 27.5. The number of halogens is 1. The van der Waals surface area contributed by atoms with Crippen molar-refractivity contribution in [2.75, 3.05) is 43.6 Å². The molecule has 0 unspecified atom stereocenters. The molecule has 13 nitrogen and oxygen atoms in total. The highest BCUT2D eigenvalue weighted by Crippen LogP contribution is 2.43. The Kier molecular flexibility index (Phi) is 10.7. The molecule has 0 aliphatic carbocycles. The molecule has 2 aromatic rings. The van der Waals surface area contributed by atoms with E-state index in [1.807, 2.05) is 4.90 Å². The summed E-state index contributed by atoms with van der Waals surface area (Å²) >= 11 is 6.07. The number of carbonyl (C=O) groups excluding carboxylic acids is 1. The minimum atomic E-state index is -0.854. The number of amides is 1. The van der Waals surface area contributed by atoms with Crippen LogP contribution in [0.4, 0.5) is 34.1 Å². The van der Waals surface area contributed by atoms with Crippen LogP contribution in [0.1, 0.15) is 6.92 Å². The van der Waals surface area contributed by atoms with Gasteiger partial charge in [-0.05, 0) is 6.07 Å². The molecule has 0 heterocycles. The van der Waals surface area contributed by atoms with Crippen LogP contribution in [0.2, 0.25) is 5.02 Å². The minimum Gasteiger partial charge on any atom is -0.489 e. The van der Waals surface area contributed by atoms with Gasteiger partial charge in [0.15, 0.2) is 5.69 Å². The highest BCUT2D eigenvalue weighted by molar-refractivity contribution is 6.33. The van der Waals surface area contributed by atoms with Gasteiger partial charge in [-0.1, -0.05) is 23.8 Å². The lowest BCUT2D eigenvalue weighted by Gasteiger charge is -2.25. The number of ether oxygens (including phenoxy) is 2. The van der Waals surface area contributed by atoms with Crippen LogP contribution in [-0.2, 0) is 9.53 Å². The third-order valence-electron chi connectivity index (χ3n) is 4.67. The van der Waals surface area contributed by atoms with Crippen molar-refractivity contribution in [3.8, 4) is 5.75 Å². The molecule has 0 aliphatic heterocycles. The Labute approximate surface area is 217 Å². The van der Waals surface area contributed by atoms with Crippen molar-refractivity contribution < 1.29 is 24.1 Å². The molecule has 0 aliphatic rings. The second-order valence-electron chi connectivity index (χ2n) is 7.35. The van der Waals surface area contributed by atoms with E-state index in [1.165, 1.54) is 20.1 Å². The van der Waals surface area contributed by atoms with Gasteiger partial charge in [0.25, 0.3) is 5.69 Å². The van der Waals surface area contributed by atoms with Crippen LogP contribution in [-0.4, -0.2) is 49.2 Å². The lowest BCUT2D eigenvalue weighted by atomic mass is 10.2. The second-order valence-corrected chi connectivity index (χ2v) is 7.76. The number of rotatable bonds is 14. The summed E-state index contributed by atoms with van der Waals surface area (Å²) in [6.07, 6.45) is 3.37. The maximum Gasteiger partial charge on any atom is 0.305 e. The van der Waals surface area contributed by atoms with Crippen LogP contribution in [0.15, 0.2) is 59.8 Å². The Bertz CT molecular complexity index is 1220. The number of benzene rings is 2. The van der Waals surface area contributed by atoms with E-state index in [4.69, 9.17) is 21.1 Å². The maximum atomic E-state index is 11.9. The summed E-state index contributed by atoms with van der Waals surface area (Å²) in [5, 5.41) is 32.9. The smallest absolute Gasteiger partial charge is 0.305 e. The summed E-state index contributed by atoms with van der Waals surface area (Å²) in [5.41, 5.74) is -0.774. The molecule has 0 atom stereocenters. The molecule has 37 heavy (non-hydrogen) atoms. The molecule has 1 amide bonds. The van der Waals surface area contributed by atoms with Gasteiger partial charge in [0.2, 0.25) is 5.91 Å². The Hall–Kier alpha value is -4.36. The van der Waals surface area contributed by atoms with E-state index in [1.54, 1.807) is 18.2 Å². The molecular formula is C23H25ClN6O7. The summed E-state index contributed by atoms with van der Waals surface area (Å²) < 4.78 is 10.9. The van der Waals surface area contributed by atoms with Gasteiger partial charge in [-0.15, -0.1) is 23.4 Å². The monoisotopic (exact) mass is 532 g/mol. The first-order valence-electron chi connectivity index (χ1n) is 10.7. The lowest BCUT2D eigenvalue weighted by Crippen LogP contribution is -2.24. The molecular weight excluding hydrogens is 508 g/mol. The van der Waals surface area contributed by atoms with E-state index in [2.05, 4.69) is 28.7 Å². The first-order valence-corrected chi connectivity index (χ1v) is 11.1. The summed E-state index contributed by atoms with van der Waals surface area (Å²) in [4.78, 5) is 34.7. The molecule has 0 spiro atoms. The predicted octanol–water partition coefficient (Wildman–Crippen LogP) is 5.73. The van der Waals surface area contributed by atoms with Gasteiger partial charge in [0.1, 0.15) is 18.0 Å². The molecule has 0 radical (unpaired) electrons. The van der Waals surface area contributed by atoms with Crippen molar-refractivity contribution in [3.05, 3.63) is 74.8 Å². The van der Waals surface area contributed by atoms with Crippen molar-refractivity contribution in [3.63, 3.8) is 0 Å². The Morgan fingerprint density at radius 2 is 1.78 bits per heavy atom. The average molecular weight is 533 g/mol. The Balaban J connectivity index is 2.71. The Morgan fingerprint density at radius 3 is 2.32 bits per heavy atom. The van der Waals surface area contributed by atoms with Crippen LogP contribution in [0.3, 0.4) is 0 Å². The first kappa shape index (κ1) is 28.9. The number of non-ortho nitro benzene ring substituents is 1. The topological polar surface area (TPSA) is 162 Å². The summed E-state index contributed by atoms with van der Waals surface area (Å²) in [5.74, 6) is -0.0538. The molecule has 0 bridgehead atoms. The number of azo groups is 1. The van der Waals surface area contributed by atoms with E-state index in [9.17, 15) is 25.0 Å². The van der Waals surface area contributed by atoms with Crippen LogP contribution in [0.5, 0.6) is 5.75 Å². The van der Waals surface area contributed by atoms with Crippen LogP contribution < -0.4 is 15.0 Å². The molecule has 0 aromatic heterocycles. The van der Waals surface area contributed by atoms with Gasteiger partial charge < -0.3 is 19.7 Å². The first-order chi connectivity index (χ1) is 17.6. The van der Waals surface area contributed by atoms with Gasteiger partial charge in [-0.25, -0.2) is 0 Å². The van der Waals surface area contributed by atoms with Gasteiger partial charge in [0, 0.05) is 39.3 Å². The highest BCUT2D eigenvalue weighted by atomic mass is 35.5. The predicted molar refractivity (Wildman–Crippen MR) is 140 cm³/mol. The number of nitro groups is 2. The number of nitrogens with zero attached hydrogens (tertiary/aromatic N) is 5. The normalized spacial score (nSPS) is 10.7. The van der Waals surface area contributed by atoms with Crippen molar-refractivity contribution in [2.24, 2.45) is 10.2 Å². The van der Waals surface area contributed by atoms with Gasteiger partial charge in [-0.3, -0.25) is 25.0 Å². The lowest BCUT2D eigenvalue weighted by molar-refractivity contribution is -0.393. The van der Waals surface area contributed by atoms with Gasteiger partial charge in [0.05, 0.1) is 38.9 Å². The van der Waals surface area contributed by atoms with E-state index >= 15 is 0 Å². The fourth-order valence-corrected chi connectivity index (χ4v) is 3.38. The number of methoxy groups -OCH3 is 1. The number of nitrogens with one attached hydrogen (secondary N) is 1. The number of anilines is 2. The highest BCUT2D eigenvalue weighted by Gasteiger charge is 2.24. The van der Waals surface area contributed by atoms with E-state index in [0.29, 0.717) is 24.5 Å². The summed E-state index contributed by atoms with van der Waals surface area (Å²) in [6.45, 7) is 10.2. The van der Waals surface area contributed by atoms with Crippen LogP contribution in [0, 0.1) is 20.2 Å². The van der Waals surface area contributed by atoms with Crippen LogP contribution >= 0.6 is 11.6 Å². The molecule has 196 valence electrons. The maximum absolute atomic E-state index is 11.9. The summed E-state index contributed by atoms with van der Waals surface area (Å²) in [7, 11) is 1.52. The third kappa shape index (κ3) is 7.81. The molecule has 0 saturated heterocycles. The van der Waals surface area contributed by atoms with Crippen molar-refractivity contribution in [2.45, 2.75) is 6.92 Å². The average Bonchev–Trinajstić information content (AvgIpc) is 2.83. The fourth-order valence-electron chi connectivity index (χ4n) is 3.13. The van der Waals surface area contributed by atoms with Crippen molar-refractivity contribution >= 4 is 51.6 Å². The van der Waals surface area contributed by atoms with E-state index < -0.39 is 32.8 Å². The molecule has 1 N–H and O–H groups in total. The fraction of sp³-hybridized carbons (Fsp3) is 0.261. The largest absolute Gasteiger partial charge is 0.489 e. The molecule has 0 saturated carbocycles. The standard InChI is InChI=1S/C23H25ClN6O7/c1-5-7-28(8-6-2)20-13-18(25-15(3)31)19(14-22(20)37-10-9-36-4)26-27-23-17(24)11-16(29(32)33)12-21(23)30(34)35/h5-6,11-14H,1-2,7-10H2,3-4H3,(H,25,31).